The van der Waals surface area contributed by atoms with Gasteiger partial charge in [-0.1, -0.05) is 0 Å². The highest BCUT2D eigenvalue weighted by Crippen LogP contribution is 2.25. The van der Waals surface area contributed by atoms with Crippen molar-refractivity contribution in [1.29, 1.82) is 0 Å². The third kappa shape index (κ3) is 1.58. The minimum atomic E-state index is -1.64. The summed E-state index contributed by atoms with van der Waals surface area (Å²) in [6.07, 6.45) is 0.320. The number of rotatable bonds is 1. The van der Waals surface area contributed by atoms with E-state index in [0.29, 0.717) is 13.0 Å². The molecular formula is C8H15FN2O. The van der Waals surface area contributed by atoms with Crippen LogP contribution in [0.1, 0.15) is 6.42 Å². The van der Waals surface area contributed by atoms with Crippen molar-refractivity contribution in [2.45, 2.75) is 12.1 Å². The number of hydrogen-bond donors (Lipinski definition) is 0. The third-order valence-corrected chi connectivity index (χ3v) is 2.20. The Hall–Kier alpha value is -0.640. The first-order chi connectivity index (χ1) is 5.46. The third-order valence-electron chi connectivity index (χ3n) is 2.20. The Balaban J connectivity index is 2.67. The van der Waals surface area contributed by atoms with Gasteiger partial charge in [-0.05, 0) is 7.05 Å². The van der Waals surface area contributed by atoms with Crippen molar-refractivity contribution in [1.82, 2.24) is 9.80 Å². The van der Waals surface area contributed by atoms with Crippen LogP contribution in [0.15, 0.2) is 0 Å². The van der Waals surface area contributed by atoms with E-state index in [1.165, 1.54) is 4.90 Å². The van der Waals surface area contributed by atoms with E-state index < -0.39 is 11.6 Å². The molecule has 0 N–H and O–H groups in total. The average molecular weight is 174 g/mol. The summed E-state index contributed by atoms with van der Waals surface area (Å²) in [5, 5.41) is 0. The first-order valence-corrected chi connectivity index (χ1v) is 4.05. The molecule has 0 aromatic carbocycles. The second-order valence-electron chi connectivity index (χ2n) is 3.65. The van der Waals surface area contributed by atoms with Crippen LogP contribution >= 0.6 is 0 Å². The lowest BCUT2D eigenvalue weighted by molar-refractivity contribution is -0.140. The van der Waals surface area contributed by atoms with Crippen molar-refractivity contribution >= 4 is 5.91 Å². The van der Waals surface area contributed by atoms with Crippen molar-refractivity contribution in [3.63, 3.8) is 0 Å². The smallest absolute Gasteiger partial charge is 0.261 e. The van der Waals surface area contributed by atoms with Crippen LogP contribution in [0.4, 0.5) is 4.39 Å². The van der Waals surface area contributed by atoms with Crippen LogP contribution in [0.3, 0.4) is 0 Å². The zero-order valence-corrected chi connectivity index (χ0v) is 7.80. The summed E-state index contributed by atoms with van der Waals surface area (Å²) >= 11 is 0. The molecule has 0 aliphatic carbocycles. The van der Waals surface area contributed by atoms with E-state index in [1.54, 1.807) is 14.1 Å². The number of nitrogens with zero attached hydrogens (tertiary/aromatic N) is 2. The van der Waals surface area contributed by atoms with E-state index in [9.17, 15) is 9.18 Å². The molecule has 4 heteroatoms. The molecule has 1 amide bonds. The number of carbonyl (C=O) groups excluding carboxylic acids is 1. The number of hydrogen-bond acceptors (Lipinski definition) is 2. The van der Waals surface area contributed by atoms with E-state index in [-0.39, 0.29) is 6.54 Å². The fraction of sp³-hybridized carbons (Fsp3) is 0.875. The van der Waals surface area contributed by atoms with Crippen LogP contribution in [-0.4, -0.2) is 55.6 Å². The largest absolute Gasteiger partial charge is 0.346 e. The molecule has 3 nitrogen and oxygen atoms in total. The number of likely N-dealkylation sites (tertiary alicyclic amines) is 1. The standard InChI is InChI=1S/C8H15FN2O/c1-10(2)7(12)8(9)4-5-11(3)6-8/h4-6H2,1-3H3. The highest BCUT2D eigenvalue weighted by molar-refractivity contribution is 5.85. The van der Waals surface area contributed by atoms with Crippen molar-refractivity contribution in [2.24, 2.45) is 0 Å². The quantitative estimate of drug-likeness (QED) is 0.563. The zero-order valence-electron chi connectivity index (χ0n) is 7.80. The summed E-state index contributed by atoms with van der Waals surface area (Å²) in [7, 11) is 4.99. The summed E-state index contributed by atoms with van der Waals surface area (Å²) in [5.41, 5.74) is -1.64. The van der Waals surface area contributed by atoms with Gasteiger partial charge >= 0.3 is 0 Å². The first-order valence-electron chi connectivity index (χ1n) is 4.05. The molecule has 1 aliphatic rings. The van der Waals surface area contributed by atoms with Gasteiger partial charge in [0.1, 0.15) is 0 Å². The van der Waals surface area contributed by atoms with Crippen LogP contribution in [0, 0.1) is 0 Å². The van der Waals surface area contributed by atoms with E-state index in [4.69, 9.17) is 0 Å². The molecule has 0 saturated carbocycles. The molecule has 1 atom stereocenters. The lowest BCUT2D eigenvalue weighted by atomic mass is 10.0. The molecule has 1 unspecified atom stereocenters. The van der Waals surface area contributed by atoms with Gasteiger partial charge in [0.2, 0.25) is 5.67 Å². The lowest BCUT2D eigenvalue weighted by Gasteiger charge is -2.22. The van der Waals surface area contributed by atoms with Crippen molar-refractivity contribution in [3.8, 4) is 0 Å². The highest BCUT2D eigenvalue weighted by atomic mass is 19.1. The SMILES string of the molecule is CN1CCC(F)(C(=O)N(C)C)C1. The molecular weight excluding hydrogens is 159 g/mol. The molecule has 1 fully saturated rings. The number of alkyl halides is 1. The van der Waals surface area contributed by atoms with E-state index >= 15 is 0 Å². The van der Waals surface area contributed by atoms with Crippen LogP contribution in [0.5, 0.6) is 0 Å². The van der Waals surface area contributed by atoms with Gasteiger partial charge in [0.25, 0.3) is 5.91 Å². The van der Waals surface area contributed by atoms with Gasteiger partial charge in [-0.2, -0.15) is 0 Å². The van der Waals surface area contributed by atoms with Crippen molar-refractivity contribution < 1.29 is 9.18 Å². The maximum absolute atomic E-state index is 13.8. The maximum atomic E-state index is 13.8. The number of amides is 1. The molecule has 0 bridgehead atoms. The molecule has 0 radical (unpaired) electrons. The van der Waals surface area contributed by atoms with Gasteiger partial charge in [0.15, 0.2) is 0 Å². The average Bonchev–Trinajstić information content (AvgIpc) is 2.31. The van der Waals surface area contributed by atoms with Crippen molar-refractivity contribution in [2.75, 3.05) is 34.2 Å². The fourth-order valence-electron chi connectivity index (χ4n) is 1.53. The maximum Gasteiger partial charge on any atom is 0.261 e. The normalized spacial score (nSPS) is 30.7. The Kier molecular flexibility index (Phi) is 2.37. The minimum Gasteiger partial charge on any atom is -0.346 e. The Labute approximate surface area is 72.1 Å². The van der Waals surface area contributed by atoms with Gasteiger partial charge in [0.05, 0.1) is 0 Å². The topological polar surface area (TPSA) is 23.6 Å². The summed E-state index contributed by atoms with van der Waals surface area (Å²) < 4.78 is 13.8. The molecule has 1 aliphatic heterocycles. The minimum absolute atomic E-state index is 0.226. The number of halogens is 1. The van der Waals surface area contributed by atoms with E-state index in [1.807, 2.05) is 11.9 Å². The molecule has 0 aromatic rings. The summed E-state index contributed by atoms with van der Waals surface area (Å²) in [5.74, 6) is -0.410. The molecule has 1 rings (SSSR count). The van der Waals surface area contributed by atoms with Gasteiger partial charge in [-0.3, -0.25) is 4.79 Å². The second-order valence-corrected chi connectivity index (χ2v) is 3.65. The van der Waals surface area contributed by atoms with Crippen LogP contribution in [-0.2, 0) is 4.79 Å². The van der Waals surface area contributed by atoms with Gasteiger partial charge in [0, 0.05) is 33.6 Å². The Morgan fingerprint density at radius 3 is 2.50 bits per heavy atom. The van der Waals surface area contributed by atoms with Gasteiger partial charge < -0.3 is 9.80 Å². The van der Waals surface area contributed by atoms with Crippen LogP contribution in [0.25, 0.3) is 0 Å². The van der Waals surface area contributed by atoms with E-state index in [0.717, 1.165) is 0 Å². The number of carbonyl (C=O) groups is 1. The first kappa shape index (κ1) is 9.45. The Morgan fingerprint density at radius 2 is 2.17 bits per heavy atom. The summed E-state index contributed by atoms with van der Waals surface area (Å²) in [6, 6.07) is 0. The fourth-order valence-corrected chi connectivity index (χ4v) is 1.53. The lowest BCUT2D eigenvalue weighted by Crippen LogP contribution is -2.44. The predicted molar refractivity (Wildman–Crippen MR) is 44.6 cm³/mol. The highest BCUT2D eigenvalue weighted by Gasteiger charge is 2.44. The van der Waals surface area contributed by atoms with Crippen LogP contribution < -0.4 is 0 Å². The summed E-state index contributed by atoms with van der Waals surface area (Å²) in [6.45, 7) is 0.889. The Morgan fingerprint density at radius 1 is 1.58 bits per heavy atom. The summed E-state index contributed by atoms with van der Waals surface area (Å²) in [4.78, 5) is 14.5. The van der Waals surface area contributed by atoms with Gasteiger partial charge in [-0.15, -0.1) is 0 Å². The van der Waals surface area contributed by atoms with Gasteiger partial charge in [-0.25, -0.2) is 4.39 Å². The van der Waals surface area contributed by atoms with E-state index in [2.05, 4.69) is 0 Å². The molecule has 1 heterocycles. The molecule has 0 spiro atoms. The molecule has 12 heavy (non-hydrogen) atoms. The molecule has 1 saturated heterocycles. The zero-order chi connectivity index (χ0) is 9.35. The second kappa shape index (κ2) is 3.01. The molecule has 0 aromatic heterocycles. The Bertz CT molecular complexity index is 195. The predicted octanol–water partition coefficient (Wildman–Crippen LogP) is 0.118. The van der Waals surface area contributed by atoms with Crippen molar-refractivity contribution in [3.05, 3.63) is 0 Å². The monoisotopic (exact) mass is 174 g/mol. The van der Waals surface area contributed by atoms with Crippen LogP contribution in [0.2, 0.25) is 0 Å². The molecule has 70 valence electrons.